The van der Waals surface area contributed by atoms with Gasteiger partial charge in [0.15, 0.2) is 0 Å². The van der Waals surface area contributed by atoms with Crippen LogP contribution in [-0.4, -0.2) is 74.9 Å². The number of allylic oxidation sites excluding steroid dienone is 1. The molecule has 2 atom stereocenters. The van der Waals surface area contributed by atoms with Gasteiger partial charge in [-0.15, -0.1) is 0 Å². The van der Waals surface area contributed by atoms with E-state index in [2.05, 4.69) is 95.1 Å². The van der Waals surface area contributed by atoms with E-state index in [0.717, 1.165) is 51.2 Å². The number of carbonyl (C=O) groups excluding carboxylic acids is 2. The SMILES string of the molecule is CCCN(C(=O)C1CCC(F)(F)CC1)[C@H](c1ncc(-c2ccc(-c3ccc(C4=CN=C([C@@H](N(CCOCc5ccccc5)C(=O)C5CCC(F)(F)CC5)C(C)(C)C)C4)cc3)cc2)[nH]1)C(C)(C)C. The number of halogens is 4. The van der Waals surface area contributed by atoms with Crippen LogP contribution in [-0.2, 0) is 20.9 Å². The van der Waals surface area contributed by atoms with Crippen molar-refractivity contribution >= 4 is 23.1 Å². The molecule has 12 heteroatoms. The molecule has 2 fully saturated rings. The maximum atomic E-state index is 14.4. The highest BCUT2D eigenvalue weighted by Crippen LogP contribution is 2.43. The van der Waals surface area contributed by atoms with Crippen molar-refractivity contribution in [2.75, 3.05) is 19.7 Å². The van der Waals surface area contributed by atoms with Crippen LogP contribution in [0.4, 0.5) is 17.6 Å². The summed E-state index contributed by atoms with van der Waals surface area (Å²) in [4.78, 5) is 45.3. The molecule has 2 saturated carbocycles. The van der Waals surface area contributed by atoms with Gasteiger partial charge in [0, 0.05) is 68.9 Å². The molecule has 0 spiro atoms. The second-order valence-corrected chi connectivity index (χ2v) is 21.2. The molecule has 2 amide bonds. The topological polar surface area (TPSA) is 90.9 Å². The lowest BCUT2D eigenvalue weighted by Crippen LogP contribution is -2.55. The standard InChI is InChI=1S/C55H69F4N5O3/c1-8-30-63(50(65)42-22-26-54(56,57)27-23-42)48(53(5,6)7)49-61-35-46(62-49)41-20-18-39(19-21-41)38-14-16-40(17-15-38)44-33-45(60-34-44)47(52(2,3)4)64(31-32-67-36-37-12-10-9-11-13-37)51(66)43-24-28-55(58,59)29-25-43/h9-21,34-35,42-43,47-48H,8,22-33,36H2,1-7H3,(H,61,62)/t47-,48-/m1/s1. The van der Waals surface area contributed by atoms with Crippen LogP contribution in [0.25, 0.3) is 28.0 Å². The van der Waals surface area contributed by atoms with E-state index in [4.69, 9.17) is 14.7 Å². The van der Waals surface area contributed by atoms with Crippen molar-refractivity contribution in [1.82, 2.24) is 19.8 Å². The molecule has 0 unspecified atom stereocenters. The summed E-state index contributed by atoms with van der Waals surface area (Å²) in [5.74, 6) is -5.82. The summed E-state index contributed by atoms with van der Waals surface area (Å²) in [6.07, 6.45) is 4.63. The smallest absolute Gasteiger partial charge is 0.248 e. The zero-order valence-electron chi connectivity index (χ0n) is 40.4. The first kappa shape index (κ1) is 49.8. The van der Waals surface area contributed by atoms with Crippen LogP contribution < -0.4 is 0 Å². The number of alkyl halides is 4. The van der Waals surface area contributed by atoms with E-state index >= 15 is 0 Å². The Morgan fingerprint density at radius 1 is 0.701 bits per heavy atom. The fourth-order valence-corrected chi connectivity index (χ4v) is 10.2. The molecule has 7 rings (SSSR count). The van der Waals surface area contributed by atoms with E-state index in [1.807, 2.05) is 53.3 Å². The van der Waals surface area contributed by atoms with Gasteiger partial charge in [-0.3, -0.25) is 14.6 Å². The first-order valence-electron chi connectivity index (χ1n) is 24.2. The number of imidazole rings is 1. The maximum absolute atomic E-state index is 14.4. The quantitative estimate of drug-likeness (QED) is 0.0895. The minimum atomic E-state index is -2.73. The van der Waals surface area contributed by atoms with Gasteiger partial charge in [0.05, 0.1) is 37.2 Å². The lowest BCUT2D eigenvalue weighted by atomic mass is 9.79. The third-order valence-corrected chi connectivity index (χ3v) is 13.7. The van der Waals surface area contributed by atoms with Gasteiger partial charge in [0.25, 0.3) is 0 Å². The zero-order valence-corrected chi connectivity index (χ0v) is 40.4. The Labute approximate surface area is 394 Å². The van der Waals surface area contributed by atoms with Gasteiger partial charge in [-0.25, -0.2) is 22.5 Å². The minimum absolute atomic E-state index is 0.0697. The summed E-state index contributed by atoms with van der Waals surface area (Å²) >= 11 is 0. The van der Waals surface area contributed by atoms with Crippen molar-refractivity contribution in [3.63, 3.8) is 0 Å². The van der Waals surface area contributed by atoms with Crippen molar-refractivity contribution in [1.29, 1.82) is 0 Å². The summed E-state index contributed by atoms with van der Waals surface area (Å²) in [6.45, 7) is 16.1. The van der Waals surface area contributed by atoms with Crippen LogP contribution in [0.15, 0.2) is 96.3 Å². The number of aliphatic imine (C=N–C) groups is 1. The van der Waals surface area contributed by atoms with Gasteiger partial charge < -0.3 is 19.5 Å². The lowest BCUT2D eigenvalue weighted by molar-refractivity contribution is -0.145. The predicted octanol–water partition coefficient (Wildman–Crippen LogP) is 13.4. The number of ether oxygens (including phenoxy) is 1. The summed E-state index contributed by atoms with van der Waals surface area (Å²) in [5, 5.41) is 0. The third kappa shape index (κ3) is 12.3. The van der Waals surface area contributed by atoms with Crippen molar-refractivity contribution in [2.45, 2.75) is 143 Å². The fraction of sp³-hybridized carbons (Fsp3) is 0.527. The number of aromatic nitrogens is 2. The molecule has 1 N–H and O–H groups in total. The molecule has 0 saturated heterocycles. The highest BCUT2D eigenvalue weighted by atomic mass is 19.3. The predicted molar refractivity (Wildman–Crippen MR) is 259 cm³/mol. The van der Waals surface area contributed by atoms with Crippen molar-refractivity contribution in [2.24, 2.45) is 27.7 Å². The van der Waals surface area contributed by atoms with Crippen LogP contribution in [0, 0.1) is 22.7 Å². The highest BCUT2D eigenvalue weighted by molar-refractivity contribution is 6.03. The maximum Gasteiger partial charge on any atom is 0.248 e. The number of carbonyl (C=O) groups is 2. The van der Waals surface area contributed by atoms with Crippen LogP contribution in [0.2, 0.25) is 0 Å². The molecular formula is C55H69F4N5O3. The number of nitrogens with zero attached hydrogens (tertiary/aromatic N) is 4. The van der Waals surface area contributed by atoms with E-state index in [1.165, 1.54) is 0 Å². The Kier molecular flexibility index (Phi) is 15.3. The molecule has 4 aromatic rings. The molecule has 360 valence electrons. The Morgan fingerprint density at radius 2 is 1.19 bits per heavy atom. The number of nitrogens with one attached hydrogen (secondary N) is 1. The average molecular weight is 924 g/mol. The van der Waals surface area contributed by atoms with E-state index in [9.17, 15) is 27.2 Å². The summed E-state index contributed by atoms with van der Waals surface area (Å²) < 4.78 is 62.6. The van der Waals surface area contributed by atoms with Crippen LogP contribution >= 0.6 is 0 Å². The Hall–Kier alpha value is -5.10. The van der Waals surface area contributed by atoms with Gasteiger partial charge in [0.2, 0.25) is 23.7 Å². The van der Waals surface area contributed by atoms with Gasteiger partial charge >= 0.3 is 0 Å². The number of aromatic amines is 1. The number of benzene rings is 3. The first-order chi connectivity index (χ1) is 31.7. The number of hydrogen-bond acceptors (Lipinski definition) is 5. The Bertz CT molecular complexity index is 2340. The monoisotopic (exact) mass is 924 g/mol. The summed E-state index contributed by atoms with van der Waals surface area (Å²) in [6, 6.07) is 25.8. The Balaban J connectivity index is 1.03. The number of amides is 2. The van der Waals surface area contributed by atoms with E-state index in [-0.39, 0.29) is 80.7 Å². The average Bonchev–Trinajstić information content (AvgIpc) is 3.97. The third-order valence-electron chi connectivity index (χ3n) is 13.7. The van der Waals surface area contributed by atoms with E-state index in [1.54, 1.807) is 6.20 Å². The van der Waals surface area contributed by atoms with Crippen molar-refractivity contribution < 1.29 is 31.9 Å². The largest absolute Gasteiger partial charge is 0.375 e. The fourth-order valence-electron chi connectivity index (χ4n) is 10.2. The number of rotatable bonds is 16. The molecule has 0 bridgehead atoms. The molecule has 2 heterocycles. The molecule has 0 radical (unpaired) electrons. The number of hydrogen-bond donors (Lipinski definition) is 1. The summed E-state index contributed by atoms with van der Waals surface area (Å²) in [5.41, 5.74) is 7.06. The molecule has 2 aliphatic carbocycles. The van der Waals surface area contributed by atoms with E-state index in [0.29, 0.717) is 38.5 Å². The minimum Gasteiger partial charge on any atom is -0.375 e. The molecule has 8 nitrogen and oxygen atoms in total. The van der Waals surface area contributed by atoms with Gasteiger partial charge in [0.1, 0.15) is 5.82 Å². The highest BCUT2D eigenvalue weighted by Gasteiger charge is 2.45. The van der Waals surface area contributed by atoms with Crippen LogP contribution in [0.3, 0.4) is 0 Å². The second kappa shape index (κ2) is 20.6. The zero-order chi connectivity index (χ0) is 48.1. The molecule has 67 heavy (non-hydrogen) atoms. The van der Waals surface area contributed by atoms with Gasteiger partial charge in [-0.05, 0) is 76.3 Å². The van der Waals surface area contributed by atoms with Gasteiger partial charge in [-0.2, -0.15) is 0 Å². The number of H-pyrrole nitrogens is 1. The van der Waals surface area contributed by atoms with Crippen LogP contribution in [0.5, 0.6) is 0 Å². The summed E-state index contributed by atoms with van der Waals surface area (Å²) in [7, 11) is 0. The normalized spacial score (nSPS) is 18.8. The van der Waals surface area contributed by atoms with Crippen molar-refractivity contribution in [3.05, 3.63) is 108 Å². The second-order valence-electron chi connectivity index (χ2n) is 21.2. The lowest BCUT2D eigenvalue weighted by Gasteiger charge is -2.43. The molecule has 1 aliphatic heterocycles. The van der Waals surface area contributed by atoms with Crippen LogP contribution in [0.1, 0.15) is 136 Å². The Morgan fingerprint density at radius 3 is 1.70 bits per heavy atom. The molecule has 1 aromatic heterocycles. The van der Waals surface area contributed by atoms with Gasteiger partial charge in [-0.1, -0.05) is 127 Å². The molecule has 3 aliphatic rings. The molecular weight excluding hydrogens is 855 g/mol. The first-order valence-corrected chi connectivity index (χ1v) is 24.2. The molecule has 3 aromatic carbocycles. The van der Waals surface area contributed by atoms with Crippen molar-refractivity contribution in [3.8, 4) is 22.4 Å². The van der Waals surface area contributed by atoms with E-state index < -0.39 is 29.1 Å².